The highest BCUT2D eigenvalue weighted by atomic mass is 79.9. The quantitative estimate of drug-likeness (QED) is 0.924. The van der Waals surface area contributed by atoms with Crippen LogP contribution < -0.4 is 5.32 Å². The number of hydrogen-bond donors (Lipinski definition) is 1. The van der Waals surface area contributed by atoms with Gasteiger partial charge in [0, 0.05) is 12.3 Å². The molecule has 0 radical (unpaired) electrons. The standard InChI is InChI=1S/C9H9BrN4O/c1-6-2-7(14-15-6)3-12-9-8(10)4-11-5-13-9/h2,4-5H,3H2,1H3,(H,11,12,13). The fraction of sp³-hybridized carbons (Fsp3) is 0.222. The van der Waals surface area contributed by atoms with Gasteiger partial charge in [0.1, 0.15) is 23.6 Å². The number of hydrogen-bond acceptors (Lipinski definition) is 5. The van der Waals surface area contributed by atoms with Gasteiger partial charge in [0.15, 0.2) is 0 Å². The van der Waals surface area contributed by atoms with Crippen molar-refractivity contribution in [2.75, 3.05) is 5.32 Å². The first-order valence-corrected chi connectivity index (χ1v) is 5.16. The molecule has 0 bridgehead atoms. The molecule has 0 saturated carbocycles. The molecule has 0 amide bonds. The van der Waals surface area contributed by atoms with E-state index in [4.69, 9.17) is 4.52 Å². The van der Waals surface area contributed by atoms with Crippen LogP contribution in [-0.4, -0.2) is 15.1 Å². The van der Waals surface area contributed by atoms with Gasteiger partial charge in [-0.3, -0.25) is 0 Å². The molecule has 6 heteroatoms. The van der Waals surface area contributed by atoms with E-state index in [1.165, 1.54) is 6.33 Å². The van der Waals surface area contributed by atoms with E-state index in [1.807, 2.05) is 13.0 Å². The normalized spacial score (nSPS) is 10.3. The summed E-state index contributed by atoms with van der Waals surface area (Å²) in [5.41, 5.74) is 0.845. The van der Waals surface area contributed by atoms with Crippen molar-refractivity contribution in [1.82, 2.24) is 15.1 Å². The molecular weight excluding hydrogens is 260 g/mol. The van der Waals surface area contributed by atoms with Crippen LogP contribution in [0, 0.1) is 6.92 Å². The first-order valence-electron chi connectivity index (χ1n) is 4.37. The zero-order valence-corrected chi connectivity index (χ0v) is 9.65. The zero-order chi connectivity index (χ0) is 10.7. The largest absolute Gasteiger partial charge is 0.363 e. The summed E-state index contributed by atoms with van der Waals surface area (Å²) in [6.07, 6.45) is 3.17. The van der Waals surface area contributed by atoms with Crippen LogP contribution in [0.2, 0.25) is 0 Å². The molecule has 2 heterocycles. The first kappa shape index (κ1) is 10.1. The van der Waals surface area contributed by atoms with E-state index in [0.29, 0.717) is 6.54 Å². The van der Waals surface area contributed by atoms with E-state index in [2.05, 4.69) is 36.4 Å². The maximum Gasteiger partial charge on any atom is 0.144 e. The van der Waals surface area contributed by atoms with Crippen molar-refractivity contribution in [3.8, 4) is 0 Å². The van der Waals surface area contributed by atoms with Crippen molar-refractivity contribution in [3.05, 3.63) is 34.5 Å². The molecular formula is C9H9BrN4O. The summed E-state index contributed by atoms with van der Waals surface area (Å²) in [5, 5.41) is 6.99. The van der Waals surface area contributed by atoms with Crippen molar-refractivity contribution < 1.29 is 4.52 Å². The Bertz CT molecular complexity index is 457. The van der Waals surface area contributed by atoms with Gasteiger partial charge in [0.2, 0.25) is 0 Å². The highest BCUT2D eigenvalue weighted by Gasteiger charge is 2.03. The Morgan fingerprint density at radius 2 is 2.40 bits per heavy atom. The van der Waals surface area contributed by atoms with Crippen molar-refractivity contribution in [1.29, 1.82) is 0 Å². The van der Waals surface area contributed by atoms with E-state index in [-0.39, 0.29) is 0 Å². The lowest BCUT2D eigenvalue weighted by atomic mass is 10.4. The van der Waals surface area contributed by atoms with Crippen LogP contribution in [0.1, 0.15) is 11.5 Å². The van der Waals surface area contributed by atoms with Gasteiger partial charge in [0.05, 0.1) is 11.0 Å². The highest BCUT2D eigenvalue weighted by Crippen LogP contribution is 2.17. The molecule has 0 fully saturated rings. The van der Waals surface area contributed by atoms with Gasteiger partial charge in [-0.05, 0) is 22.9 Å². The summed E-state index contributed by atoms with van der Waals surface area (Å²) < 4.78 is 5.77. The molecule has 0 aliphatic carbocycles. The molecule has 2 aromatic rings. The molecule has 0 unspecified atom stereocenters. The van der Waals surface area contributed by atoms with E-state index in [0.717, 1.165) is 21.7 Å². The van der Waals surface area contributed by atoms with Crippen LogP contribution >= 0.6 is 15.9 Å². The predicted molar refractivity (Wildman–Crippen MR) is 58.3 cm³/mol. The average molecular weight is 269 g/mol. The van der Waals surface area contributed by atoms with Crippen LogP contribution in [0.15, 0.2) is 27.6 Å². The van der Waals surface area contributed by atoms with Gasteiger partial charge >= 0.3 is 0 Å². The Hall–Kier alpha value is -1.43. The van der Waals surface area contributed by atoms with E-state index >= 15 is 0 Å². The molecule has 0 saturated heterocycles. The molecule has 78 valence electrons. The Balaban J connectivity index is 2.02. The molecule has 2 rings (SSSR count). The van der Waals surface area contributed by atoms with Gasteiger partial charge in [0.25, 0.3) is 0 Å². The second kappa shape index (κ2) is 4.39. The second-order valence-electron chi connectivity index (χ2n) is 3.00. The summed E-state index contributed by atoms with van der Waals surface area (Å²) in [4.78, 5) is 7.94. The van der Waals surface area contributed by atoms with E-state index < -0.39 is 0 Å². The lowest BCUT2D eigenvalue weighted by Crippen LogP contribution is -2.02. The molecule has 2 aromatic heterocycles. The molecule has 0 atom stereocenters. The monoisotopic (exact) mass is 268 g/mol. The van der Waals surface area contributed by atoms with Crippen molar-refractivity contribution in [2.24, 2.45) is 0 Å². The fourth-order valence-corrected chi connectivity index (χ4v) is 1.48. The Morgan fingerprint density at radius 3 is 3.07 bits per heavy atom. The Kier molecular flexibility index (Phi) is 2.96. The summed E-state index contributed by atoms with van der Waals surface area (Å²) in [7, 11) is 0. The molecule has 1 N–H and O–H groups in total. The molecule has 0 spiro atoms. The predicted octanol–water partition coefficient (Wildman–Crippen LogP) is 2.15. The summed E-state index contributed by atoms with van der Waals surface area (Å²) in [6.45, 7) is 2.43. The van der Waals surface area contributed by atoms with Crippen molar-refractivity contribution >= 4 is 21.7 Å². The van der Waals surface area contributed by atoms with Crippen molar-refractivity contribution in [3.63, 3.8) is 0 Å². The smallest absolute Gasteiger partial charge is 0.144 e. The Morgan fingerprint density at radius 1 is 1.53 bits per heavy atom. The van der Waals surface area contributed by atoms with Crippen LogP contribution in [-0.2, 0) is 6.54 Å². The topological polar surface area (TPSA) is 63.8 Å². The van der Waals surface area contributed by atoms with Crippen molar-refractivity contribution in [2.45, 2.75) is 13.5 Å². The lowest BCUT2D eigenvalue weighted by Gasteiger charge is -2.03. The third-order valence-corrected chi connectivity index (χ3v) is 2.36. The number of nitrogens with zero attached hydrogens (tertiary/aromatic N) is 3. The zero-order valence-electron chi connectivity index (χ0n) is 8.07. The van der Waals surface area contributed by atoms with Gasteiger partial charge in [-0.1, -0.05) is 5.16 Å². The van der Waals surface area contributed by atoms with E-state index in [9.17, 15) is 0 Å². The first-order chi connectivity index (χ1) is 7.25. The van der Waals surface area contributed by atoms with E-state index in [1.54, 1.807) is 6.20 Å². The SMILES string of the molecule is Cc1cc(CNc2ncncc2Br)no1. The average Bonchev–Trinajstić information content (AvgIpc) is 2.63. The number of rotatable bonds is 3. The van der Waals surface area contributed by atoms with Gasteiger partial charge in [-0.15, -0.1) is 0 Å². The minimum atomic E-state index is 0.576. The lowest BCUT2D eigenvalue weighted by molar-refractivity contribution is 0.391. The molecule has 5 nitrogen and oxygen atoms in total. The van der Waals surface area contributed by atoms with Gasteiger partial charge < -0.3 is 9.84 Å². The van der Waals surface area contributed by atoms with Crippen LogP contribution in [0.4, 0.5) is 5.82 Å². The van der Waals surface area contributed by atoms with Crippen LogP contribution in [0.5, 0.6) is 0 Å². The number of nitrogens with one attached hydrogen (secondary N) is 1. The molecule has 0 aromatic carbocycles. The van der Waals surface area contributed by atoms with Crippen LogP contribution in [0.3, 0.4) is 0 Å². The molecule has 0 aliphatic rings. The van der Waals surface area contributed by atoms with Gasteiger partial charge in [-0.25, -0.2) is 9.97 Å². The number of halogens is 1. The maximum atomic E-state index is 4.95. The maximum absolute atomic E-state index is 4.95. The summed E-state index contributed by atoms with van der Waals surface area (Å²) >= 11 is 3.34. The minimum Gasteiger partial charge on any atom is -0.363 e. The third-order valence-electron chi connectivity index (χ3n) is 1.78. The van der Waals surface area contributed by atoms with Crippen LogP contribution in [0.25, 0.3) is 0 Å². The number of anilines is 1. The number of aromatic nitrogens is 3. The van der Waals surface area contributed by atoms with Gasteiger partial charge in [-0.2, -0.15) is 0 Å². The second-order valence-corrected chi connectivity index (χ2v) is 3.86. The molecule has 0 aliphatic heterocycles. The summed E-state index contributed by atoms with van der Waals surface area (Å²) in [6, 6.07) is 1.88. The highest BCUT2D eigenvalue weighted by molar-refractivity contribution is 9.10. The number of aryl methyl sites for hydroxylation is 1. The fourth-order valence-electron chi connectivity index (χ4n) is 1.12. The Labute approximate surface area is 95.0 Å². The summed E-state index contributed by atoms with van der Waals surface area (Å²) in [5.74, 6) is 1.54. The minimum absolute atomic E-state index is 0.576. The molecule has 15 heavy (non-hydrogen) atoms. The third kappa shape index (κ3) is 2.53.